The lowest BCUT2D eigenvalue weighted by atomic mass is 10.1. The Kier molecular flexibility index (Phi) is 2.97. The molecule has 0 unspecified atom stereocenters. The molecule has 0 spiro atoms. The van der Waals surface area contributed by atoms with Crippen molar-refractivity contribution in [1.29, 1.82) is 0 Å². The molecule has 0 aliphatic rings. The Hall–Kier alpha value is -2.37. The van der Waals surface area contributed by atoms with Crippen molar-refractivity contribution in [3.05, 3.63) is 53.5 Å². The Labute approximate surface area is 119 Å². The molecule has 0 bridgehead atoms. The molecule has 6 heteroatoms. The average molecular weight is 291 g/mol. The second kappa shape index (κ2) is 4.58. The fourth-order valence-electron chi connectivity index (χ4n) is 2.35. The molecular formula is C15H12F3N3. The van der Waals surface area contributed by atoms with Crippen molar-refractivity contribution in [2.75, 3.05) is 0 Å². The monoisotopic (exact) mass is 291 g/mol. The van der Waals surface area contributed by atoms with E-state index >= 15 is 0 Å². The van der Waals surface area contributed by atoms with Crippen molar-refractivity contribution >= 4 is 5.78 Å². The Bertz CT molecular complexity index is 819. The average Bonchev–Trinajstić information content (AvgIpc) is 2.81. The van der Waals surface area contributed by atoms with Crippen molar-refractivity contribution in [2.24, 2.45) is 0 Å². The summed E-state index contributed by atoms with van der Waals surface area (Å²) in [6, 6.07) is 7.28. The third-order valence-electron chi connectivity index (χ3n) is 3.27. The van der Waals surface area contributed by atoms with E-state index in [1.807, 2.05) is 19.9 Å². The van der Waals surface area contributed by atoms with Crippen LogP contribution in [0.15, 0.2) is 36.5 Å². The van der Waals surface area contributed by atoms with Crippen LogP contribution in [0, 0.1) is 13.8 Å². The van der Waals surface area contributed by atoms with E-state index in [-0.39, 0.29) is 11.3 Å². The van der Waals surface area contributed by atoms with Gasteiger partial charge in [-0.1, -0.05) is 18.2 Å². The van der Waals surface area contributed by atoms with Crippen molar-refractivity contribution < 1.29 is 13.2 Å². The van der Waals surface area contributed by atoms with Crippen LogP contribution in [-0.4, -0.2) is 14.4 Å². The van der Waals surface area contributed by atoms with Gasteiger partial charge in [-0.15, -0.1) is 0 Å². The lowest BCUT2D eigenvalue weighted by Gasteiger charge is -2.10. The largest absolute Gasteiger partial charge is 0.417 e. The van der Waals surface area contributed by atoms with Gasteiger partial charge in [-0.3, -0.25) is 4.40 Å². The molecule has 0 amide bonds. The first-order valence-corrected chi connectivity index (χ1v) is 6.36. The molecule has 2 aromatic heterocycles. The second-order valence-corrected chi connectivity index (χ2v) is 4.88. The Morgan fingerprint density at radius 3 is 2.48 bits per heavy atom. The van der Waals surface area contributed by atoms with Crippen LogP contribution in [0.1, 0.15) is 17.0 Å². The van der Waals surface area contributed by atoms with Crippen LogP contribution >= 0.6 is 0 Å². The van der Waals surface area contributed by atoms with Gasteiger partial charge in [-0.05, 0) is 26.0 Å². The number of fused-ring (bicyclic) bond motifs is 1. The molecule has 0 saturated heterocycles. The predicted molar refractivity (Wildman–Crippen MR) is 72.9 cm³/mol. The van der Waals surface area contributed by atoms with Gasteiger partial charge in [0.15, 0.2) is 0 Å². The number of aryl methyl sites for hydroxylation is 2. The number of alkyl halides is 3. The van der Waals surface area contributed by atoms with Gasteiger partial charge < -0.3 is 0 Å². The quantitative estimate of drug-likeness (QED) is 0.677. The van der Waals surface area contributed by atoms with E-state index in [1.54, 1.807) is 16.7 Å². The van der Waals surface area contributed by atoms with Crippen LogP contribution in [-0.2, 0) is 6.18 Å². The van der Waals surface area contributed by atoms with Crippen molar-refractivity contribution in [2.45, 2.75) is 20.0 Å². The lowest BCUT2D eigenvalue weighted by molar-refractivity contribution is -0.137. The molecule has 3 aromatic rings. The van der Waals surface area contributed by atoms with Gasteiger partial charge in [0.1, 0.15) is 0 Å². The molecule has 1 aromatic carbocycles. The Morgan fingerprint density at radius 2 is 1.76 bits per heavy atom. The maximum absolute atomic E-state index is 13.1. The second-order valence-electron chi connectivity index (χ2n) is 4.88. The van der Waals surface area contributed by atoms with Crippen LogP contribution in [0.4, 0.5) is 13.2 Å². The van der Waals surface area contributed by atoms with E-state index in [4.69, 9.17) is 0 Å². The highest BCUT2D eigenvalue weighted by Crippen LogP contribution is 2.36. The zero-order chi connectivity index (χ0) is 15.2. The summed E-state index contributed by atoms with van der Waals surface area (Å²) in [5, 5.41) is 0. The summed E-state index contributed by atoms with van der Waals surface area (Å²) in [4.78, 5) is 8.48. The number of hydrogen-bond acceptors (Lipinski definition) is 2. The number of rotatable bonds is 1. The zero-order valence-electron chi connectivity index (χ0n) is 11.4. The van der Waals surface area contributed by atoms with E-state index in [2.05, 4.69) is 9.97 Å². The highest BCUT2D eigenvalue weighted by atomic mass is 19.4. The topological polar surface area (TPSA) is 30.2 Å². The fourth-order valence-corrected chi connectivity index (χ4v) is 2.35. The fraction of sp³-hybridized carbons (Fsp3) is 0.200. The molecule has 0 atom stereocenters. The molecule has 21 heavy (non-hydrogen) atoms. The summed E-state index contributed by atoms with van der Waals surface area (Å²) < 4.78 is 40.9. The van der Waals surface area contributed by atoms with Crippen molar-refractivity contribution in [3.63, 3.8) is 0 Å². The maximum Gasteiger partial charge on any atom is 0.417 e. The van der Waals surface area contributed by atoms with Gasteiger partial charge in [0.05, 0.1) is 11.3 Å². The van der Waals surface area contributed by atoms with Crippen LogP contribution in [0.3, 0.4) is 0 Å². The third-order valence-corrected chi connectivity index (χ3v) is 3.27. The Morgan fingerprint density at radius 1 is 1.05 bits per heavy atom. The molecule has 108 valence electrons. The predicted octanol–water partition coefficient (Wildman–Crippen LogP) is 4.03. The van der Waals surface area contributed by atoms with Crippen molar-refractivity contribution in [1.82, 2.24) is 14.4 Å². The molecule has 0 N–H and O–H groups in total. The van der Waals surface area contributed by atoms with E-state index in [0.29, 0.717) is 5.78 Å². The first-order valence-electron chi connectivity index (χ1n) is 6.36. The number of benzene rings is 1. The Balaban J connectivity index is 2.25. The van der Waals surface area contributed by atoms with Gasteiger partial charge >= 0.3 is 6.18 Å². The summed E-state index contributed by atoms with van der Waals surface area (Å²) in [6.45, 7) is 3.69. The maximum atomic E-state index is 13.1. The molecule has 0 saturated carbocycles. The van der Waals surface area contributed by atoms with Crippen LogP contribution < -0.4 is 0 Å². The number of hydrogen-bond donors (Lipinski definition) is 0. The SMILES string of the molecule is Cc1cc(C)n2cc(-c3ccccc3C(F)(F)F)nc2n1. The zero-order valence-corrected chi connectivity index (χ0v) is 11.4. The van der Waals surface area contributed by atoms with Crippen LogP contribution in [0.5, 0.6) is 0 Å². The first kappa shape index (κ1) is 13.6. The number of halogens is 3. The number of imidazole rings is 1. The van der Waals surface area contributed by atoms with E-state index < -0.39 is 11.7 Å². The summed E-state index contributed by atoms with van der Waals surface area (Å²) in [7, 11) is 0. The molecule has 0 radical (unpaired) electrons. The lowest BCUT2D eigenvalue weighted by Crippen LogP contribution is -2.06. The smallest absolute Gasteiger partial charge is 0.288 e. The van der Waals surface area contributed by atoms with Crippen LogP contribution in [0.25, 0.3) is 17.0 Å². The molecule has 3 rings (SSSR count). The van der Waals surface area contributed by atoms with Crippen LogP contribution in [0.2, 0.25) is 0 Å². The standard InChI is InChI=1S/C15H12F3N3/c1-9-7-10(2)21-8-13(20-14(21)19-9)11-5-3-4-6-12(11)15(16,17)18/h3-8H,1-2H3. The molecule has 0 fully saturated rings. The summed E-state index contributed by atoms with van der Waals surface area (Å²) in [5.74, 6) is 0.402. The minimum absolute atomic E-state index is 0.0625. The third kappa shape index (κ3) is 2.37. The summed E-state index contributed by atoms with van der Waals surface area (Å²) >= 11 is 0. The molecule has 2 heterocycles. The minimum Gasteiger partial charge on any atom is -0.288 e. The van der Waals surface area contributed by atoms with Gasteiger partial charge in [0.2, 0.25) is 5.78 Å². The van der Waals surface area contributed by atoms with Gasteiger partial charge in [-0.25, -0.2) is 9.97 Å². The summed E-state index contributed by atoms with van der Waals surface area (Å²) in [5.41, 5.74) is 1.29. The molecular weight excluding hydrogens is 279 g/mol. The van der Waals surface area contributed by atoms with Gasteiger partial charge in [0.25, 0.3) is 0 Å². The van der Waals surface area contributed by atoms with E-state index in [0.717, 1.165) is 17.5 Å². The van der Waals surface area contributed by atoms with Gasteiger partial charge in [0, 0.05) is 23.1 Å². The molecule has 0 aliphatic heterocycles. The summed E-state index contributed by atoms with van der Waals surface area (Å²) in [6.07, 6.45) is -2.83. The molecule has 0 aliphatic carbocycles. The molecule has 3 nitrogen and oxygen atoms in total. The van der Waals surface area contributed by atoms with Gasteiger partial charge in [-0.2, -0.15) is 13.2 Å². The highest BCUT2D eigenvalue weighted by molar-refractivity contribution is 5.66. The highest BCUT2D eigenvalue weighted by Gasteiger charge is 2.33. The van der Waals surface area contributed by atoms with E-state index in [9.17, 15) is 13.2 Å². The number of aromatic nitrogens is 3. The normalized spacial score (nSPS) is 12.0. The minimum atomic E-state index is -4.41. The number of nitrogens with zero attached hydrogens (tertiary/aromatic N) is 3. The first-order chi connectivity index (χ1) is 9.86. The van der Waals surface area contributed by atoms with Crippen molar-refractivity contribution in [3.8, 4) is 11.3 Å². The van der Waals surface area contributed by atoms with E-state index in [1.165, 1.54) is 12.1 Å².